The van der Waals surface area contributed by atoms with Gasteiger partial charge in [-0.2, -0.15) is 0 Å². The van der Waals surface area contributed by atoms with Gasteiger partial charge >= 0.3 is 0 Å². The van der Waals surface area contributed by atoms with Crippen molar-refractivity contribution < 1.29 is 9.59 Å². The average Bonchev–Trinajstić information content (AvgIpc) is 2.56. The van der Waals surface area contributed by atoms with Gasteiger partial charge in [-0.3, -0.25) is 9.59 Å². The monoisotopic (exact) mass is 300 g/mol. The maximum absolute atomic E-state index is 10.3. The van der Waals surface area contributed by atoms with E-state index in [9.17, 15) is 9.59 Å². The van der Waals surface area contributed by atoms with E-state index in [1.165, 1.54) is 10.5 Å². The molecule has 0 N–H and O–H groups in total. The molecule has 2 aromatic rings. The van der Waals surface area contributed by atoms with Crippen molar-refractivity contribution >= 4 is 24.3 Å². The Morgan fingerprint density at radius 2 is 1.29 bits per heavy atom. The number of thioether (sulfide) groups is 1. The lowest BCUT2D eigenvalue weighted by Crippen LogP contribution is -1.81. The average molecular weight is 300 g/mol. The number of carbonyl (C=O) groups excluding carboxylic acids is 2. The Balaban J connectivity index is 0.000000211. The van der Waals surface area contributed by atoms with Gasteiger partial charge in [0.25, 0.3) is 0 Å². The lowest BCUT2D eigenvalue weighted by molar-refractivity contribution is 0.111. The molecule has 2 nitrogen and oxygen atoms in total. The van der Waals surface area contributed by atoms with Crippen LogP contribution in [0.1, 0.15) is 40.1 Å². The second-order valence-electron chi connectivity index (χ2n) is 4.33. The highest BCUT2D eigenvalue weighted by Gasteiger charge is 1.91. The molecular formula is C18H20O2S. The van der Waals surface area contributed by atoms with Crippen LogP contribution in [0, 0.1) is 0 Å². The number of rotatable bonds is 5. The smallest absolute Gasteiger partial charge is 0.150 e. The first kappa shape index (κ1) is 17.2. The van der Waals surface area contributed by atoms with Crippen LogP contribution in [0.25, 0.3) is 0 Å². The fraction of sp³-hybridized carbons (Fsp3) is 0.222. The predicted octanol–water partition coefficient (Wildman–Crippen LogP) is 4.67. The van der Waals surface area contributed by atoms with Crippen molar-refractivity contribution in [2.24, 2.45) is 0 Å². The first-order valence-electron chi connectivity index (χ1n) is 6.95. The highest BCUT2D eigenvalue weighted by molar-refractivity contribution is 7.99. The van der Waals surface area contributed by atoms with E-state index in [2.05, 4.69) is 13.8 Å². The number of aldehydes is 2. The summed E-state index contributed by atoms with van der Waals surface area (Å²) in [7, 11) is 0. The van der Waals surface area contributed by atoms with Gasteiger partial charge in [0.15, 0.2) is 0 Å². The second kappa shape index (κ2) is 9.94. The van der Waals surface area contributed by atoms with E-state index >= 15 is 0 Å². The van der Waals surface area contributed by atoms with Crippen LogP contribution in [0.3, 0.4) is 0 Å². The molecule has 0 fully saturated rings. The van der Waals surface area contributed by atoms with Crippen LogP contribution in [-0.4, -0.2) is 18.3 Å². The van der Waals surface area contributed by atoms with Crippen LogP contribution in [-0.2, 0) is 6.42 Å². The van der Waals surface area contributed by atoms with Crippen LogP contribution >= 0.6 is 11.8 Å². The van der Waals surface area contributed by atoms with Gasteiger partial charge in [-0.25, -0.2) is 0 Å². The molecule has 0 spiro atoms. The highest BCUT2D eigenvalue weighted by Crippen LogP contribution is 2.16. The number of carbonyl (C=O) groups is 2. The van der Waals surface area contributed by atoms with Crippen molar-refractivity contribution in [2.45, 2.75) is 25.2 Å². The molecule has 110 valence electrons. The van der Waals surface area contributed by atoms with Crippen LogP contribution in [0.2, 0.25) is 0 Å². The zero-order chi connectivity index (χ0) is 15.5. The molecule has 0 radical (unpaired) electrons. The van der Waals surface area contributed by atoms with Crippen LogP contribution in [0.4, 0.5) is 0 Å². The molecule has 0 aliphatic heterocycles. The van der Waals surface area contributed by atoms with Crippen molar-refractivity contribution in [3.63, 3.8) is 0 Å². The van der Waals surface area contributed by atoms with E-state index < -0.39 is 0 Å². The first-order valence-corrected chi connectivity index (χ1v) is 7.94. The molecule has 0 aromatic heterocycles. The standard InChI is InChI=1S/C9H10OS.C9H10O/c1-2-11-9-5-3-8(7-10)4-6-9;1-2-8-3-5-9(7-10)6-4-8/h3-7H,2H2,1H3;3-7H,2H2,1H3. The SMILES string of the molecule is CCSc1ccc(C=O)cc1.CCc1ccc(C=O)cc1. The minimum Gasteiger partial charge on any atom is -0.298 e. The summed E-state index contributed by atoms with van der Waals surface area (Å²) < 4.78 is 0. The summed E-state index contributed by atoms with van der Waals surface area (Å²) in [6, 6.07) is 15.2. The third-order valence-electron chi connectivity index (χ3n) is 2.85. The molecule has 0 aliphatic rings. The van der Waals surface area contributed by atoms with Crippen molar-refractivity contribution in [1.82, 2.24) is 0 Å². The summed E-state index contributed by atoms with van der Waals surface area (Å²) in [6.45, 7) is 4.20. The van der Waals surface area contributed by atoms with Gasteiger partial charge in [0, 0.05) is 16.0 Å². The lowest BCUT2D eigenvalue weighted by Gasteiger charge is -1.96. The molecule has 0 atom stereocenters. The summed E-state index contributed by atoms with van der Waals surface area (Å²) in [4.78, 5) is 21.7. The number of benzene rings is 2. The molecule has 0 heterocycles. The third-order valence-corrected chi connectivity index (χ3v) is 3.75. The van der Waals surface area contributed by atoms with Gasteiger partial charge in [0.05, 0.1) is 0 Å². The maximum atomic E-state index is 10.3. The molecule has 0 saturated carbocycles. The Morgan fingerprint density at radius 1 is 0.810 bits per heavy atom. The van der Waals surface area contributed by atoms with Crippen molar-refractivity contribution in [3.05, 3.63) is 65.2 Å². The topological polar surface area (TPSA) is 34.1 Å². The van der Waals surface area contributed by atoms with E-state index in [1.54, 1.807) is 11.8 Å². The Hall–Kier alpha value is -1.87. The molecule has 0 bridgehead atoms. The molecule has 2 rings (SSSR count). The lowest BCUT2D eigenvalue weighted by atomic mass is 10.1. The van der Waals surface area contributed by atoms with E-state index in [0.29, 0.717) is 0 Å². The molecular weight excluding hydrogens is 280 g/mol. The summed E-state index contributed by atoms with van der Waals surface area (Å²) in [5.74, 6) is 1.07. The third kappa shape index (κ3) is 6.41. The second-order valence-corrected chi connectivity index (χ2v) is 5.67. The van der Waals surface area contributed by atoms with Crippen molar-refractivity contribution in [2.75, 3.05) is 5.75 Å². The Bertz CT molecular complexity index is 544. The van der Waals surface area contributed by atoms with Gasteiger partial charge in [0.1, 0.15) is 12.6 Å². The maximum Gasteiger partial charge on any atom is 0.150 e. The molecule has 0 aliphatic carbocycles. The summed E-state index contributed by atoms with van der Waals surface area (Å²) >= 11 is 1.78. The van der Waals surface area contributed by atoms with Crippen LogP contribution in [0.5, 0.6) is 0 Å². The minimum absolute atomic E-state index is 0.741. The highest BCUT2D eigenvalue weighted by atomic mass is 32.2. The summed E-state index contributed by atoms with van der Waals surface area (Å²) in [6.07, 6.45) is 2.75. The minimum atomic E-state index is 0.741. The van der Waals surface area contributed by atoms with E-state index in [-0.39, 0.29) is 0 Å². The summed E-state index contributed by atoms with van der Waals surface area (Å²) in [5.41, 5.74) is 2.76. The fourth-order valence-electron chi connectivity index (χ4n) is 1.64. The molecule has 21 heavy (non-hydrogen) atoms. The number of aryl methyl sites for hydroxylation is 1. The normalized spacial score (nSPS) is 9.43. The zero-order valence-corrected chi connectivity index (χ0v) is 13.2. The van der Waals surface area contributed by atoms with E-state index in [1.807, 2.05) is 48.5 Å². The van der Waals surface area contributed by atoms with Gasteiger partial charge in [0.2, 0.25) is 0 Å². The first-order chi connectivity index (χ1) is 10.2. The molecule has 2 aromatic carbocycles. The van der Waals surface area contributed by atoms with Gasteiger partial charge in [-0.15, -0.1) is 11.8 Å². The molecule has 0 amide bonds. The van der Waals surface area contributed by atoms with E-state index in [4.69, 9.17) is 0 Å². The number of hydrogen-bond donors (Lipinski definition) is 0. The van der Waals surface area contributed by atoms with Gasteiger partial charge < -0.3 is 0 Å². The Kier molecular flexibility index (Phi) is 8.14. The van der Waals surface area contributed by atoms with Crippen LogP contribution in [0.15, 0.2) is 53.4 Å². The quantitative estimate of drug-likeness (QED) is 0.594. The van der Waals surface area contributed by atoms with Gasteiger partial charge in [-0.1, -0.05) is 50.2 Å². The molecule has 0 unspecified atom stereocenters. The summed E-state index contributed by atoms with van der Waals surface area (Å²) in [5, 5.41) is 0. The van der Waals surface area contributed by atoms with E-state index in [0.717, 1.165) is 35.9 Å². The molecule has 0 saturated heterocycles. The zero-order valence-electron chi connectivity index (χ0n) is 12.4. The van der Waals surface area contributed by atoms with Gasteiger partial charge in [-0.05, 0) is 29.9 Å². The van der Waals surface area contributed by atoms with Crippen molar-refractivity contribution in [3.8, 4) is 0 Å². The van der Waals surface area contributed by atoms with Crippen molar-refractivity contribution in [1.29, 1.82) is 0 Å². The fourth-order valence-corrected chi connectivity index (χ4v) is 2.30. The Labute approximate surface area is 130 Å². The predicted molar refractivity (Wildman–Crippen MR) is 89.4 cm³/mol. The van der Waals surface area contributed by atoms with Crippen LogP contribution < -0.4 is 0 Å². The molecule has 3 heteroatoms. The Morgan fingerprint density at radius 3 is 1.67 bits per heavy atom. The number of hydrogen-bond acceptors (Lipinski definition) is 3. The largest absolute Gasteiger partial charge is 0.298 e.